The van der Waals surface area contributed by atoms with E-state index in [1.807, 2.05) is 18.2 Å². The molecule has 0 bridgehead atoms. The minimum atomic E-state index is 0. The van der Waals surface area contributed by atoms with Gasteiger partial charge in [0, 0.05) is 45.8 Å². The van der Waals surface area contributed by atoms with Gasteiger partial charge in [0.2, 0.25) is 0 Å². The maximum atomic E-state index is 10.1. The molecule has 0 spiro atoms. The van der Waals surface area contributed by atoms with Gasteiger partial charge in [0.1, 0.15) is 5.75 Å². The van der Waals surface area contributed by atoms with Crippen molar-refractivity contribution < 1.29 is 5.11 Å². The molecule has 0 radical (unpaired) electrons. The number of anilines is 1. The van der Waals surface area contributed by atoms with E-state index < -0.39 is 0 Å². The highest BCUT2D eigenvalue weighted by Gasteiger charge is 2.21. The van der Waals surface area contributed by atoms with Crippen LogP contribution in [-0.4, -0.2) is 79.8 Å². The fourth-order valence-electron chi connectivity index (χ4n) is 4.02. The van der Waals surface area contributed by atoms with E-state index in [1.165, 1.54) is 25.9 Å². The lowest BCUT2D eigenvalue weighted by molar-refractivity contribution is 0.290. The summed E-state index contributed by atoms with van der Waals surface area (Å²) >= 11 is 0. The normalized spacial score (nSPS) is 19.4. The molecule has 2 saturated heterocycles. The van der Waals surface area contributed by atoms with Crippen LogP contribution in [0, 0.1) is 5.92 Å². The Kier molecular flexibility index (Phi) is 9.64. The Morgan fingerprint density at radius 2 is 1.79 bits per heavy atom. The maximum Gasteiger partial charge on any atom is 0.194 e. The van der Waals surface area contributed by atoms with Gasteiger partial charge in [0.15, 0.2) is 5.96 Å². The number of nitrogens with one attached hydrogen (secondary N) is 1. The molecule has 1 atom stereocenters. The van der Waals surface area contributed by atoms with E-state index in [1.54, 1.807) is 6.07 Å². The van der Waals surface area contributed by atoms with Crippen molar-refractivity contribution in [1.82, 2.24) is 15.1 Å². The molecule has 6 nitrogen and oxygen atoms in total. The monoisotopic (exact) mass is 501 g/mol. The lowest BCUT2D eigenvalue weighted by Crippen LogP contribution is -2.52. The second-order valence-electron chi connectivity index (χ2n) is 7.77. The quantitative estimate of drug-likeness (QED) is 0.357. The van der Waals surface area contributed by atoms with Crippen LogP contribution in [0.25, 0.3) is 0 Å². The van der Waals surface area contributed by atoms with Gasteiger partial charge < -0.3 is 25.1 Å². The van der Waals surface area contributed by atoms with E-state index in [0.717, 1.165) is 57.5 Å². The van der Waals surface area contributed by atoms with Crippen molar-refractivity contribution in [2.24, 2.45) is 10.9 Å². The Morgan fingerprint density at radius 1 is 1.11 bits per heavy atom. The first-order valence-electron chi connectivity index (χ1n) is 10.5. The van der Waals surface area contributed by atoms with Crippen LogP contribution in [0.1, 0.15) is 26.7 Å². The van der Waals surface area contributed by atoms with Gasteiger partial charge in [0.25, 0.3) is 0 Å². The van der Waals surface area contributed by atoms with E-state index in [9.17, 15) is 5.11 Å². The molecule has 158 valence electrons. The van der Waals surface area contributed by atoms with Crippen molar-refractivity contribution in [3.63, 3.8) is 0 Å². The van der Waals surface area contributed by atoms with E-state index in [4.69, 9.17) is 4.99 Å². The summed E-state index contributed by atoms with van der Waals surface area (Å²) in [5, 5.41) is 13.6. The predicted octanol–water partition coefficient (Wildman–Crippen LogP) is 2.83. The number of nitrogens with zero attached hydrogens (tertiary/aromatic N) is 4. The topological polar surface area (TPSA) is 54.3 Å². The lowest BCUT2D eigenvalue weighted by atomic mass is 10.2. The van der Waals surface area contributed by atoms with Crippen molar-refractivity contribution in [3.05, 3.63) is 24.3 Å². The zero-order valence-corrected chi connectivity index (χ0v) is 19.6. The number of halogens is 1. The predicted molar refractivity (Wildman–Crippen MR) is 128 cm³/mol. The molecule has 2 heterocycles. The lowest BCUT2D eigenvalue weighted by Gasteiger charge is -2.38. The standard InChI is InChI=1S/C21H35N5O.HI/c1-3-22-21(23-16-18(2)17-24-10-6-7-11-24)26-14-12-25(13-15-26)19-8-4-5-9-20(19)27;/h4-5,8-9,18,27H,3,6-7,10-17H2,1-2H3,(H,22,23);1H. The van der Waals surface area contributed by atoms with Crippen LogP contribution >= 0.6 is 24.0 Å². The number of hydrogen-bond acceptors (Lipinski definition) is 4. The Hall–Kier alpha value is -1.22. The number of likely N-dealkylation sites (tertiary alicyclic amines) is 1. The third-order valence-electron chi connectivity index (χ3n) is 5.46. The molecule has 0 aliphatic carbocycles. The van der Waals surface area contributed by atoms with Crippen molar-refractivity contribution in [2.75, 3.05) is 63.8 Å². The first-order valence-corrected chi connectivity index (χ1v) is 10.5. The number of phenols is 1. The number of hydrogen-bond donors (Lipinski definition) is 2. The molecular weight excluding hydrogens is 465 g/mol. The van der Waals surface area contributed by atoms with Gasteiger partial charge in [-0.15, -0.1) is 24.0 Å². The second-order valence-corrected chi connectivity index (χ2v) is 7.77. The molecule has 28 heavy (non-hydrogen) atoms. The first kappa shape index (κ1) is 23.1. The summed E-state index contributed by atoms with van der Waals surface area (Å²) in [5.74, 6) is 1.98. The largest absolute Gasteiger partial charge is 0.506 e. The SMILES string of the molecule is CCNC(=NCC(C)CN1CCCC1)N1CCN(c2ccccc2O)CC1.I. The second kappa shape index (κ2) is 11.7. The Labute approximate surface area is 187 Å². The summed E-state index contributed by atoms with van der Waals surface area (Å²) in [7, 11) is 0. The van der Waals surface area contributed by atoms with Gasteiger partial charge >= 0.3 is 0 Å². The highest BCUT2D eigenvalue weighted by Crippen LogP contribution is 2.27. The molecule has 2 aliphatic rings. The number of aromatic hydroxyl groups is 1. The number of rotatable bonds is 6. The van der Waals surface area contributed by atoms with Crippen LogP contribution in [0.2, 0.25) is 0 Å². The van der Waals surface area contributed by atoms with Gasteiger partial charge in [-0.2, -0.15) is 0 Å². The Morgan fingerprint density at radius 3 is 2.43 bits per heavy atom. The highest BCUT2D eigenvalue weighted by atomic mass is 127. The average molecular weight is 501 g/mol. The zero-order chi connectivity index (χ0) is 19.1. The third kappa shape index (κ3) is 6.40. The van der Waals surface area contributed by atoms with Gasteiger partial charge in [-0.3, -0.25) is 4.99 Å². The molecule has 3 rings (SSSR count). The maximum absolute atomic E-state index is 10.1. The molecule has 1 aromatic rings. The summed E-state index contributed by atoms with van der Waals surface area (Å²) in [5.41, 5.74) is 0.929. The van der Waals surface area contributed by atoms with Gasteiger partial charge in [-0.1, -0.05) is 19.1 Å². The van der Waals surface area contributed by atoms with Crippen molar-refractivity contribution in [3.8, 4) is 5.75 Å². The minimum Gasteiger partial charge on any atom is -0.506 e. The minimum absolute atomic E-state index is 0. The molecule has 2 aliphatic heterocycles. The zero-order valence-electron chi connectivity index (χ0n) is 17.3. The molecule has 7 heteroatoms. The summed E-state index contributed by atoms with van der Waals surface area (Å²) in [6, 6.07) is 7.60. The fraction of sp³-hybridized carbons (Fsp3) is 0.667. The number of para-hydroxylation sites is 2. The number of phenolic OH excluding ortho intramolecular Hbond substituents is 1. The molecule has 1 aromatic carbocycles. The number of benzene rings is 1. The Bertz CT molecular complexity index is 613. The fourth-order valence-corrected chi connectivity index (χ4v) is 4.02. The van der Waals surface area contributed by atoms with Gasteiger partial charge in [-0.25, -0.2) is 0 Å². The molecule has 0 amide bonds. The summed E-state index contributed by atoms with van der Waals surface area (Å²) in [6.45, 7) is 13.5. The first-order chi connectivity index (χ1) is 13.2. The summed E-state index contributed by atoms with van der Waals surface area (Å²) in [6.07, 6.45) is 2.69. The molecule has 2 N–H and O–H groups in total. The highest BCUT2D eigenvalue weighted by molar-refractivity contribution is 14.0. The smallest absolute Gasteiger partial charge is 0.194 e. The summed E-state index contributed by atoms with van der Waals surface area (Å²) in [4.78, 5) is 12.1. The van der Waals surface area contributed by atoms with Crippen molar-refractivity contribution in [2.45, 2.75) is 26.7 Å². The van der Waals surface area contributed by atoms with Gasteiger partial charge in [0.05, 0.1) is 5.69 Å². The third-order valence-corrected chi connectivity index (χ3v) is 5.46. The molecular formula is C21H36IN5O. The Balaban J connectivity index is 0.00000280. The van der Waals surface area contributed by atoms with Crippen LogP contribution in [0.5, 0.6) is 5.75 Å². The average Bonchev–Trinajstić information content (AvgIpc) is 3.19. The van der Waals surface area contributed by atoms with Crippen LogP contribution < -0.4 is 10.2 Å². The number of guanidine groups is 1. The number of piperazine rings is 1. The number of aliphatic imine (C=N–C) groups is 1. The van der Waals surface area contributed by atoms with E-state index >= 15 is 0 Å². The van der Waals surface area contributed by atoms with E-state index in [-0.39, 0.29) is 24.0 Å². The van der Waals surface area contributed by atoms with E-state index in [0.29, 0.717) is 11.7 Å². The van der Waals surface area contributed by atoms with Crippen LogP contribution in [0.4, 0.5) is 5.69 Å². The molecule has 1 unspecified atom stereocenters. The molecule has 2 fully saturated rings. The van der Waals surface area contributed by atoms with E-state index in [2.05, 4.69) is 33.9 Å². The summed E-state index contributed by atoms with van der Waals surface area (Å²) < 4.78 is 0. The van der Waals surface area contributed by atoms with Crippen LogP contribution in [0.3, 0.4) is 0 Å². The molecule has 0 aromatic heterocycles. The van der Waals surface area contributed by atoms with Crippen molar-refractivity contribution >= 4 is 35.6 Å². The van der Waals surface area contributed by atoms with Crippen LogP contribution in [-0.2, 0) is 0 Å². The van der Waals surface area contributed by atoms with Crippen LogP contribution in [0.15, 0.2) is 29.3 Å². The van der Waals surface area contributed by atoms with Crippen molar-refractivity contribution in [1.29, 1.82) is 0 Å². The van der Waals surface area contributed by atoms with Gasteiger partial charge in [-0.05, 0) is 50.9 Å². The molecule has 0 saturated carbocycles.